The molecule has 0 bridgehead atoms. The van der Waals surface area contributed by atoms with Crippen LogP contribution < -0.4 is 9.47 Å². The molecule has 0 radical (unpaired) electrons. The van der Waals surface area contributed by atoms with E-state index < -0.39 is 4.92 Å². The van der Waals surface area contributed by atoms with Gasteiger partial charge in [-0.05, 0) is 54.3 Å². The quantitative estimate of drug-likeness (QED) is 0.610. The van der Waals surface area contributed by atoms with Gasteiger partial charge in [0.05, 0.1) is 30.8 Å². The lowest BCUT2D eigenvalue weighted by Gasteiger charge is -2.13. The van der Waals surface area contributed by atoms with E-state index in [4.69, 9.17) is 9.47 Å². The van der Waals surface area contributed by atoms with Crippen molar-refractivity contribution in [2.75, 3.05) is 14.2 Å². The van der Waals surface area contributed by atoms with Gasteiger partial charge in [0, 0.05) is 0 Å². The van der Waals surface area contributed by atoms with Crippen LogP contribution in [0.1, 0.15) is 22.3 Å². The van der Waals surface area contributed by atoms with Gasteiger partial charge in [0.1, 0.15) is 11.5 Å². The fourth-order valence-electron chi connectivity index (χ4n) is 2.41. The number of nitro groups is 1. The van der Waals surface area contributed by atoms with Crippen LogP contribution in [0.4, 0.5) is 5.69 Å². The Hall–Kier alpha value is -2.82. The maximum absolute atomic E-state index is 11.4. The zero-order valence-electron chi connectivity index (χ0n) is 13.7. The van der Waals surface area contributed by atoms with Crippen LogP contribution in [0.25, 0.3) is 5.57 Å². The summed E-state index contributed by atoms with van der Waals surface area (Å²) in [6, 6.07) is 8.54. The van der Waals surface area contributed by atoms with E-state index in [9.17, 15) is 10.1 Å². The lowest BCUT2D eigenvalue weighted by Crippen LogP contribution is -1.98. The molecule has 0 unspecified atom stereocenters. The van der Waals surface area contributed by atoms with Gasteiger partial charge in [-0.15, -0.1) is 0 Å². The molecule has 2 rings (SSSR count). The fourth-order valence-corrected chi connectivity index (χ4v) is 2.41. The zero-order chi connectivity index (χ0) is 17.1. The van der Waals surface area contributed by atoms with Crippen LogP contribution in [-0.4, -0.2) is 19.1 Å². The third-order valence-electron chi connectivity index (χ3n) is 3.91. The minimum atomic E-state index is -0.429. The van der Waals surface area contributed by atoms with E-state index in [1.54, 1.807) is 19.2 Å². The summed E-state index contributed by atoms with van der Waals surface area (Å²) in [4.78, 5) is 10.9. The summed E-state index contributed by atoms with van der Waals surface area (Å²) in [6.07, 6.45) is 0. The highest BCUT2D eigenvalue weighted by Gasteiger charge is 2.19. The standard InChI is InChI=1S/C18H19NO4/c1-11-8-14(9-18(23-5)12(11)2)13(3)16-7-6-15(22-4)10-17(16)19(20)21/h6-10H,3H2,1-2,4-5H3. The Morgan fingerprint density at radius 2 is 1.83 bits per heavy atom. The van der Waals surface area contributed by atoms with Crippen LogP contribution in [-0.2, 0) is 0 Å². The van der Waals surface area contributed by atoms with Crippen LogP contribution in [0.5, 0.6) is 11.5 Å². The Morgan fingerprint density at radius 3 is 2.39 bits per heavy atom. The van der Waals surface area contributed by atoms with Gasteiger partial charge < -0.3 is 9.47 Å². The predicted octanol–water partition coefficient (Wildman–Crippen LogP) is 4.29. The highest BCUT2D eigenvalue weighted by molar-refractivity contribution is 5.84. The first-order chi connectivity index (χ1) is 10.9. The molecule has 0 aromatic heterocycles. The summed E-state index contributed by atoms with van der Waals surface area (Å²) in [5.41, 5.74) is 3.86. The second-order valence-electron chi connectivity index (χ2n) is 5.24. The van der Waals surface area contributed by atoms with E-state index >= 15 is 0 Å². The highest BCUT2D eigenvalue weighted by atomic mass is 16.6. The largest absolute Gasteiger partial charge is 0.497 e. The SMILES string of the molecule is C=C(c1cc(C)c(C)c(OC)c1)c1ccc(OC)cc1[N+](=O)[O-]. The van der Waals surface area contributed by atoms with Gasteiger partial charge in [-0.1, -0.05) is 12.6 Å². The zero-order valence-corrected chi connectivity index (χ0v) is 13.7. The number of aryl methyl sites for hydroxylation is 1. The van der Waals surface area contributed by atoms with Gasteiger partial charge in [0.2, 0.25) is 0 Å². The molecule has 0 atom stereocenters. The van der Waals surface area contributed by atoms with Gasteiger partial charge in [-0.2, -0.15) is 0 Å². The first-order valence-corrected chi connectivity index (χ1v) is 7.06. The molecule has 120 valence electrons. The fraction of sp³-hybridized carbons (Fsp3) is 0.222. The van der Waals surface area contributed by atoms with E-state index in [1.165, 1.54) is 13.2 Å². The van der Waals surface area contributed by atoms with Crippen LogP contribution >= 0.6 is 0 Å². The van der Waals surface area contributed by atoms with Gasteiger partial charge in [-0.25, -0.2) is 0 Å². The first kappa shape index (κ1) is 16.5. The van der Waals surface area contributed by atoms with Crippen LogP contribution in [0.15, 0.2) is 36.9 Å². The third-order valence-corrected chi connectivity index (χ3v) is 3.91. The van der Waals surface area contributed by atoms with E-state index in [0.29, 0.717) is 16.9 Å². The van der Waals surface area contributed by atoms with Gasteiger partial charge >= 0.3 is 0 Å². The number of hydrogen-bond donors (Lipinski definition) is 0. The minimum absolute atomic E-state index is 0.0356. The van der Waals surface area contributed by atoms with Crippen LogP contribution in [0.2, 0.25) is 0 Å². The Bertz CT molecular complexity index is 781. The molecule has 0 aliphatic heterocycles. The summed E-state index contributed by atoms with van der Waals surface area (Å²) in [5, 5.41) is 11.4. The number of rotatable bonds is 5. The van der Waals surface area contributed by atoms with Gasteiger partial charge in [0.25, 0.3) is 5.69 Å². The number of benzene rings is 2. The molecule has 0 N–H and O–H groups in total. The smallest absolute Gasteiger partial charge is 0.280 e. The minimum Gasteiger partial charge on any atom is -0.497 e. The van der Waals surface area contributed by atoms with Crippen molar-refractivity contribution in [1.29, 1.82) is 0 Å². The Labute approximate surface area is 135 Å². The molecule has 5 heteroatoms. The number of hydrogen-bond acceptors (Lipinski definition) is 4. The molecule has 2 aromatic rings. The Kier molecular flexibility index (Phi) is 4.69. The molecular weight excluding hydrogens is 294 g/mol. The molecule has 0 saturated carbocycles. The van der Waals surface area contributed by atoms with Crippen LogP contribution in [0.3, 0.4) is 0 Å². The molecule has 23 heavy (non-hydrogen) atoms. The number of nitrogens with zero attached hydrogens (tertiary/aromatic N) is 1. The van der Waals surface area contributed by atoms with E-state index in [1.807, 2.05) is 26.0 Å². The topological polar surface area (TPSA) is 61.6 Å². The molecule has 0 spiro atoms. The van der Waals surface area contributed by atoms with E-state index in [-0.39, 0.29) is 5.69 Å². The van der Waals surface area contributed by atoms with Crippen molar-refractivity contribution in [1.82, 2.24) is 0 Å². The predicted molar refractivity (Wildman–Crippen MR) is 90.3 cm³/mol. The average Bonchev–Trinajstić information content (AvgIpc) is 2.55. The molecule has 0 fully saturated rings. The average molecular weight is 313 g/mol. The van der Waals surface area contributed by atoms with Crippen molar-refractivity contribution in [3.8, 4) is 11.5 Å². The number of nitro benzene ring substituents is 1. The van der Waals surface area contributed by atoms with Crippen molar-refractivity contribution in [3.05, 3.63) is 69.3 Å². The molecular formula is C18H19NO4. The second kappa shape index (κ2) is 6.52. The molecule has 0 aliphatic carbocycles. The van der Waals surface area contributed by atoms with Gasteiger partial charge in [0.15, 0.2) is 0 Å². The lowest BCUT2D eigenvalue weighted by atomic mass is 9.94. The van der Waals surface area contributed by atoms with Crippen molar-refractivity contribution in [2.45, 2.75) is 13.8 Å². The summed E-state index contributed by atoms with van der Waals surface area (Å²) >= 11 is 0. The normalized spacial score (nSPS) is 10.3. The number of ether oxygens (including phenoxy) is 2. The molecule has 5 nitrogen and oxygen atoms in total. The van der Waals surface area contributed by atoms with Crippen molar-refractivity contribution < 1.29 is 14.4 Å². The summed E-state index contributed by atoms with van der Waals surface area (Å²) < 4.78 is 10.4. The van der Waals surface area contributed by atoms with Crippen molar-refractivity contribution >= 4 is 11.3 Å². The van der Waals surface area contributed by atoms with Gasteiger partial charge in [-0.3, -0.25) is 10.1 Å². The molecule has 0 aliphatic rings. The third kappa shape index (κ3) is 3.18. The van der Waals surface area contributed by atoms with Crippen molar-refractivity contribution in [2.24, 2.45) is 0 Å². The molecule has 2 aromatic carbocycles. The van der Waals surface area contributed by atoms with Crippen molar-refractivity contribution in [3.63, 3.8) is 0 Å². The second-order valence-corrected chi connectivity index (χ2v) is 5.24. The summed E-state index contributed by atoms with van der Waals surface area (Å²) in [5.74, 6) is 1.17. The maximum atomic E-state index is 11.4. The molecule has 0 amide bonds. The van der Waals surface area contributed by atoms with E-state index in [2.05, 4.69) is 6.58 Å². The summed E-state index contributed by atoms with van der Waals surface area (Å²) in [7, 11) is 3.08. The Balaban J connectivity index is 2.57. The Morgan fingerprint density at radius 1 is 1.13 bits per heavy atom. The summed E-state index contributed by atoms with van der Waals surface area (Å²) in [6.45, 7) is 7.98. The highest BCUT2D eigenvalue weighted by Crippen LogP contribution is 2.35. The van der Waals surface area contributed by atoms with E-state index in [0.717, 1.165) is 22.4 Å². The monoisotopic (exact) mass is 313 g/mol. The molecule has 0 saturated heterocycles. The molecule has 0 heterocycles. The lowest BCUT2D eigenvalue weighted by molar-refractivity contribution is -0.385. The van der Waals surface area contributed by atoms with Crippen LogP contribution in [0, 0.1) is 24.0 Å². The first-order valence-electron chi connectivity index (χ1n) is 7.06. The maximum Gasteiger partial charge on any atom is 0.280 e. The number of methoxy groups -OCH3 is 2.